The Morgan fingerprint density at radius 1 is 1.19 bits per heavy atom. The van der Waals surface area contributed by atoms with Crippen molar-refractivity contribution < 1.29 is 9.21 Å². The fourth-order valence-electron chi connectivity index (χ4n) is 2.72. The molecule has 26 heavy (non-hydrogen) atoms. The molecule has 0 aliphatic rings. The first kappa shape index (κ1) is 15.8. The summed E-state index contributed by atoms with van der Waals surface area (Å²) in [6.07, 6.45) is 3.33. The Hall–Kier alpha value is -3.68. The van der Waals surface area contributed by atoms with E-state index in [1.54, 1.807) is 29.5 Å². The lowest BCUT2D eigenvalue weighted by atomic mass is 10.2. The van der Waals surface area contributed by atoms with Crippen molar-refractivity contribution in [3.05, 3.63) is 76.7 Å². The van der Waals surface area contributed by atoms with E-state index in [1.807, 2.05) is 24.4 Å². The molecule has 0 bridgehead atoms. The molecular weight excluding hydrogens is 334 g/mol. The zero-order valence-corrected chi connectivity index (χ0v) is 13.8. The van der Waals surface area contributed by atoms with Crippen LogP contribution in [-0.4, -0.2) is 25.5 Å². The predicted octanol–water partition coefficient (Wildman–Crippen LogP) is 2.17. The lowest BCUT2D eigenvalue weighted by Crippen LogP contribution is -2.32. The average molecular weight is 349 g/mol. The maximum atomic E-state index is 12.5. The number of fused-ring (bicyclic) bond motifs is 1. The van der Waals surface area contributed by atoms with Crippen LogP contribution in [0.2, 0.25) is 0 Å². The number of aromatic nitrogens is 4. The Morgan fingerprint density at radius 3 is 2.85 bits per heavy atom. The molecule has 0 aliphatic carbocycles. The van der Waals surface area contributed by atoms with Crippen LogP contribution in [0.5, 0.6) is 0 Å². The van der Waals surface area contributed by atoms with Gasteiger partial charge in [0.2, 0.25) is 0 Å². The van der Waals surface area contributed by atoms with Crippen LogP contribution in [0.3, 0.4) is 0 Å². The molecule has 0 radical (unpaired) electrons. The van der Waals surface area contributed by atoms with Crippen LogP contribution < -0.4 is 10.9 Å². The highest BCUT2D eigenvalue weighted by atomic mass is 16.3. The van der Waals surface area contributed by atoms with Crippen LogP contribution in [0.1, 0.15) is 29.1 Å². The van der Waals surface area contributed by atoms with E-state index in [0.29, 0.717) is 22.9 Å². The topological polar surface area (TPSA) is 105 Å². The number of furan rings is 1. The number of H-pyrrole nitrogens is 1. The third-order valence-electron chi connectivity index (χ3n) is 4.02. The van der Waals surface area contributed by atoms with Gasteiger partial charge in [0.25, 0.3) is 11.5 Å². The van der Waals surface area contributed by atoms with Gasteiger partial charge in [0.1, 0.15) is 11.3 Å². The minimum Gasteiger partial charge on any atom is -0.463 e. The van der Waals surface area contributed by atoms with E-state index in [-0.39, 0.29) is 5.56 Å². The molecule has 4 aromatic rings. The largest absolute Gasteiger partial charge is 0.463 e. The van der Waals surface area contributed by atoms with E-state index in [2.05, 4.69) is 20.5 Å². The van der Waals surface area contributed by atoms with E-state index in [1.165, 1.54) is 12.3 Å². The number of aromatic amines is 1. The SMILES string of the molecule is C[C@H](NC(=O)c1ccc(-c2ccco2)[nH]c1=O)c1nnc2ccccn12. The van der Waals surface area contributed by atoms with Crippen molar-refractivity contribution in [2.45, 2.75) is 13.0 Å². The summed E-state index contributed by atoms with van der Waals surface area (Å²) in [7, 11) is 0. The molecule has 4 rings (SSSR count). The van der Waals surface area contributed by atoms with E-state index >= 15 is 0 Å². The zero-order chi connectivity index (χ0) is 18.1. The van der Waals surface area contributed by atoms with Gasteiger partial charge in [0, 0.05) is 6.20 Å². The molecule has 8 nitrogen and oxygen atoms in total. The molecule has 1 amide bonds. The van der Waals surface area contributed by atoms with Gasteiger partial charge in [-0.25, -0.2) is 0 Å². The Morgan fingerprint density at radius 2 is 2.08 bits per heavy atom. The zero-order valence-electron chi connectivity index (χ0n) is 13.8. The molecule has 4 aromatic heterocycles. The van der Waals surface area contributed by atoms with Crippen molar-refractivity contribution in [2.24, 2.45) is 0 Å². The monoisotopic (exact) mass is 349 g/mol. The minimum atomic E-state index is -0.491. The van der Waals surface area contributed by atoms with Gasteiger partial charge in [-0.1, -0.05) is 6.07 Å². The van der Waals surface area contributed by atoms with Crippen LogP contribution >= 0.6 is 0 Å². The second-order valence-corrected chi connectivity index (χ2v) is 5.77. The molecule has 0 saturated carbocycles. The quantitative estimate of drug-likeness (QED) is 0.587. The number of pyridine rings is 2. The van der Waals surface area contributed by atoms with Crippen LogP contribution in [0.25, 0.3) is 17.1 Å². The molecule has 0 aromatic carbocycles. The summed E-state index contributed by atoms with van der Waals surface area (Å²) < 4.78 is 7.03. The fraction of sp³-hybridized carbons (Fsp3) is 0.111. The molecule has 0 aliphatic heterocycles. The Labute approximate surface area is 147 Å². The van der Waals surface area contributed by atoms with Gasteiger partial charge in [-0.15, -0.1) is 10.2 Å². The number of rotatable bonds is 4. The predicted molar refractivity (Wildman–Crippen MR) is 93.6 cm³/mol. The third-order valence-corrected chi connectivity index (χ3v) is 4.02. The first-order valence-corrected chi connectivity index (χ1v) is 8.01. The normalized spacial score (nSPS) is 12.2. The number of nitrogens with zero attached hydrogens (tertiary/aromatic N) is 3. The summed E-state index contributed by atoms with van der Waals surface area (Å²) >= 11 is 0. The second kappa shape index (κ2) is 6.32. The highest BCUT2D eigenvalue weighted by molar-refractivity contribution is 5.94. The van der Waals surface area contributed by atoms with Gasteiger partial charge in [-0.2, -0.15) is 0 Å². The average Bonchev–Trinajstić information content (AvgIpc) is 3.31. The number of amides is 1. The van der Waals surface area contributed by atoms with E-state index < -0.39 is 17.5 Å². The maximum Gasteiger partial charge on any atom is 0.261 e. The summed E-state index contributed by atoms with van der Waals surface area (Å²) in [5.74, 6) is 0.618. The summed E-state index contributed by atoms with van der Waals surface area (Å²) in [6, 6.07) is 11.7. The lowest BCUT2D eigenvalue weighted by molar-refractivity contribution is 0.0936. The van der Waals surface area contributed by atoms with Gasteiger partial charge in [-0.3, -0.25) is 14.0 Å². The van der Waals surface area contributed by atoms with Crippen LogP contribution in [0.4, 0.5) is 0 Å². The number of nitrogens with one attached hydrogen (secondary N) is 2. The standard InChI is InChI=1S/C18H15N5O3/c1-11(16-22-21-15-6-2-3-9-23(15)16)19-17(24)12-7-8-13(20-18(12)25)14-5-4-10-26-14/h2-11H,1H3,(H,19,24)(H,20,25)/t11-/m0/s1. The van der Waals surface area contributed by atoms with Gasteiger partial charge in [0.05, 0.1) is 18.0 Å². The molecule has 0 unspecified atom stereocenters. The van der Waals surface area contributed by atoms with E-state index in [0.717, 1.165) is 0 Å². The third kappa shape index (κ3) is 2.77. The lowest BCUT2D eigenvalue weighted by Gasteiger charge is -2.12. The van der Waals surface area contributed by atoms with Crippen molar-refractivity contribution in [2.75, 3.05) is 0 Å². The van der Waals surface area contributed by atoms with Crippen molar-refractivity contribution >= 4 is 11.6 Å². The molecule has 130 valence electrons. The smallest absolute Gasteiger partial charge is 0.261 e. The fourth-order valence-corrected chi connectivity index (χ4v) is 2.72. The number of hydrogen-bond acceptors (Lipinski definition) is 5. The summed E-state index contributed by atoms with van der Waals surface area (Å²) in [5, 5.41) is 11.0. The highest BCUT2D eigenvalue weighted by Crippen LogP contribution is 2.16. The van der Waals surface area contributed by atoms with Crippen molar-refractivity contribution in [1.29, 1.82) is 0 Å². The Balaban J connectivity index is 1.57. The molecule has 8 heteroatoms. The number of hydrogen-bond donors (Lipinski definition) is 2. The number of carbonyl (C=O) groups is 1. The first-order valence-electron chi connectivity index (χ1n) is 8.01. The Bertz CT molecular complexity index is 1130. The second-order valence-electron chi connectivity index (χ2n) is 5.77. The van der Waals surface area contributed by atoms with Gasteiger partial charge < -0.3 is 14.7 Å². The highest BCUT2D eigenvalue weighted by Gasteiger charge is 2.19. The number of carbonyl (C=O) groups excluding carboxylic acids is 1. The molecule has 0 spiro atoms. The van der Waals surface area contributed by atoms with Gasteiger partial charge >= 0.3 is 0 Å². The Kier molecular flexibility index (Phi) is 3.85. The van der Waals surface area contributed by atoms with Gasteiger partial charge in [-0.05, 0) is 43.3 Å². The van der Waals surface area contributed by atoms with Gasteiger partial charge in [0.15, 0.2) is 11.5 Å². The summed E-state index contributed by atoms with van der Waals surface area (Å²) in [5.41, 5.74) is 0.716. The first-order chi connectivity index (χ1) is 12.6. The maximum absolute atomic E-state index is 12.5. The molecule has 1 atom stereocenters. The van der Waals surface area contributed by atoms with Crippen LogP contribution in [0, 0.1) is 0 Å². The summed E-state index contributed by atoms with van der Waals surface area (Å²) in [4.78, 5) is 27.4. The van der Waals surface area contributed by atoms with Crippen LogP contribution in [0.15, 0.2) is 64.1 Å². The molecule has 0 fully saturated rings. The van der Waals surface area contributed by atoms with E-state index in [4.69, 9.17) is 4.42 Å². The molecule has 2 N–H and O–H groups in total. The van der Waals surface area contributed by atoms with Crippen molar-refractivity contribution in [1.82, 2.24) is 24.9 Å². The molecule has 4 heterocycles. The molecule has 0 saturated heterocycles. The van der Waals surface area contributed by atoms with Crippen molar-refractivity contribution in [3.8, 4) is 11.5 Å². The van der Waals surface area contributed by atoms with Crippen molar-refractivity contribution in [3.63, 3.8) is 0 Å². The van der Waals surface area contributed by atoms with E-state index in [9.17, 15) is 9.59 Å². The minimum absolute atomic E-state index is 0.0148. The molecular formula is C18H15N5O3. The summed E-state index contributed by atoms with van der Waals surface area (Å²) in [6.45, 7) is 1.78. The van der Waals surface area contributed by atoms with Crippen LogP contribution in [-0.2, 0) is 0 Å².